The Morgan fingerprint density at radius 2 is 2.00 bits per heavy atom. The molecule has 2 heterocycles. The Labute approximate surface area is 159 Å². The van der Waals surface area contributed by atoms with E-state index in [9.17, 15) is 0 Å². The molecule has 1 atom stereocenters. The average Bonchev–Trinajstić information content (AvgIpc) is 2.59. The molecule has 5 nitrogen and oxygen atoms in total. The van der Waals surface area contributed by atoms with Crippen LogP contribution in [0.5, 0.6) is 0 Å². The fourth-order valence-electron chi connectivity index (χ4n) is 2.85. The number of nitrogens with zero attached hydrogens (tertiary/aromatic N) is 4. The normalized spacial score (nSPS) is 19.2. The number of hydrogen-bond donors (Lipinski definition) is 1. The molecular weight excluding hydrogens is 378 g/mol. The molecule has 1 saturated heterocycles. The third-order valence-corrected chi connectivity index (χ3v) is 4.43. The van der Waals surface area contributed by atoms with Crippen LogP contribution in [0.3, 0.4) is 0 Å². The lowest BCUT2D eigenvalue weighted by Crippen LogP contribution is -2.52. The van der Waals surface area contributed by atoms with E-state index < -0.39 is 0 Å². The van der Waals surface area contributed by atoms with E-state index in [1.807, 2.05) is 20.8 Å². The van der Waals surface area contributed by atoms with Gasteiger partial charge in [-0.25, -0.2) is 10.0 Å². The minimum Gasteiger partial charge on any atom is -0.338 e. The number of rotatable bonds is 1. The lowest BCUT2D eigenvalue weighted by atomic mass is 10.0. The summed E-state index contributed by atoms with van der Waals surface area (Å²) in [7, 11) is 0. The molecule has 0 aliphatic carbocycles. The number of allylic oxidation sites excluding steroid dienone is 1. The van der Waals surface area contributed by atoms with Crippen LogP contribution in [0.15, 0.2) is 45.4 Å². The van der Waals surface area contributed by atoms with Gasteiger partial charge in [0, 0.05) is 41.9 Å². The van der Waals surface area contributed by atoms with Crippen LogP contribution in [0.25, 0.3) is 0 Å². The van der Waals surface area contributed by atoms with Crippen molar-refractivity contribution in [2.24, 2.45) is 10.1 Å². The van der Waals surface area contributed by atoms with Crippen molar-refractivity contribution in [3.05, 3.63) is 40.9 Å². The maximum absolute atomic E-state index is 4.91. The molecule has 25 heavy (non-hydrogen) atoms. The van der Waals surface area contributed by atoms with E-state index in [1.54, 1.807) is 6.08 Å². The Hall–Kier alpha value is -1.66. The Bertz CT molecular complexity index is 658. The van der Waals surface area contributed by atoms with Gasteiger partial charge in [-0.05, 0) is 45.9 Å². The molecule has 0 spiro atoms. The van der Waals surface area contributed by atoms with E-state index in [2.05, 4.69) is 62.9 Å². The monoisotopic (exact) mass is 405 g/mol. The zero-order valence-corrected chi connectivity index (χ0v) is 17.2. The van der Waals surface area contributed by atoms with Gasteiger partial charge in [-0.1, -0.05) is 22.0 Å². The number of halogens is 1. The van der Waals surface area contributed by atoms with Gasteiger partial charge in [-0.3, -0.25) is 0 Å². The molecule has 0 saturated carbocycles. The van der Waals surface area contributed by atoms with Gasteiger partial charge in [0.1, 0.15) is 0 Å². The summed E-state index contributed by atoms with van der Waals surface area (Å²) in [6.45, 7) is 15.4. The molecule has 1 unspecified atom stereocenters. The summed E-state index contributed by atoms with van der Waals surface area (Å²) in [5, 5.41) is 10.2. The second kappa shape index (κ2) is 9.15. The maximum atomic E-state index is 4.91. The molecule has 2 aliphatic heterocycles. The Kier molecular flexibility index (Phi) is 7.20. The number of hydrazone groups is 1. The van der Waals surface area contributed by atoms with Crippen molar-refractivity contribution in [2.45, 2.75) is 33.7 Å². The number of nitrogens with one attached hydrogen (secondary N) is 1. The van der Waals surface area contributed by atoms with Crippen LogP contribution in [-0.4, -0.2) is 47.8 Å². The molecule has 6 heteroatoms. The largest absolute Gasteiger partial charge is 0.338 e. The highest BCUT2D eigenvalue weighted by atomic mass is 79.9. The lowest BCUT2D eigenvalue weighted by molar-refractivity contribution is 0.258. The Morgan fingerprint density at radius 1 is 1.36 bits per heavy atom. The van der Waals surface area contributed by atoms with E-state index >= 15 is 0 Å². The molecule has 1 N–H and O–H groups in total. The highest BCUT2D eigenvalue weighted by Crippen LogP contribution is 2.37. The summed E-state index contributed by atoms with van der Waals surface area (Å²) in [4.78, 5) is 7.23. The van der Waals surface area contributed by atoms with Crippen molar-refractivity contribution in [2.75, 3.05) is 26.2 Å². The van der Waals surface area contributed by atoms with Crippen molar-refractivity contribution < 1.29 is 0 Å². The van der Waals surface area contributed by atoms with Crippen LogP contribution in [0.4, 0.5) is 5.69 Å². The van der Waals surface area contributed by atoms with E-state index in [4.69, 9.17) is 10.1 Å². The van der Waals surface area contributed by atoms with Crippen molar-refractivity contribution in [3.63, 3.8) is 0 Å². The number of guanidine groups is 1. The predicted octanol–water partition coefficient (Wildman–Crippen LogP) is 4.31. The Balaban J connectivity index is 0.000000701. The molecule has 2 aliphatic rings. The molecule has 0 bridgehead atoms. The molecule has 1 aromatic rings. The molecule has 0 radical (unpaired) electrons. The molecule has 3 rings (SSSR count). The van der Waals surface area contributed by atoms with Crippen LogP contribution in [0.2, 0.25) is 0 Å². The zero-order chi connectivity index (χ0) is 18.4. The fraction of sp³-hybridized carbons (Fsp3) is 0.474. The third kappa shape index (κ3) is 4.92. The summed E-state index contributed by atoms with van der Waals surface area (Å²) in [6.07, 6.45) is 1.75. The van der Waals surface area contributed by atoms with Gasteiger partial charge < -0.3 is 10.2 Å². The molecule has 1 aromatic carbocycles. The second-order valence-corrected chi connectivity index (χ2v) is 7.24. The molecule has 0 aromatic heterocycles. The van der Waals surface area contributed by atoms with Gasteiger partial charge in [0.15, 0.2) is 0 Å². The summed E-state index contributed by atoms with van der Waals surface area (Å²) < 4.78 is 1.08. The van der Waals surface area contributed by atoms with Crippen LogP contribution >= 0.6 is 15.9 Å². The Morgan fingerprint density at radius 3 is 2.60 bits per heavy atom. The van der Waals surface area contributed by atoms with Crippen molar-refractivity contribution >= 4 is 33.3 Å². The van der Waals surface area contributed by atoms with Crippen molar-refractivity contribution in [3.8, 4) is 0 Å². The highest BCUT2D eigenvalue weighted by Gasteiger charge is 2.31. The molecule has 1 fully saturated rings. The first-order chi connectivity index (χ1) is 12.0. The molecular formula is C19H28BrN5. The van der Waals surface area contributed by atoms with Gasteiger partial charge in [-0.2, -0.15) is 5.10 Å². The van der Waals surface area contributed by atoms with Gasteiger partial charge in [0.25, 0.3) is 0 Å². The van der Waals surface area contributed by atoms with Crippen LogP contribution in [0, 0.1) is 0 Å². The predicted molar refractivity (Wildman–Crippen MR) is 111 cm³/mol. The van der Waals surface area contributed by atoms with Gasteiger partial charge in [-0.15, -0.1) is 6.58 Å². The number of hydrogen-bond acceptors (Lipinski definition) is 5. The third-order valence-electron chi connectivity index (χ3n) is 3.94. The van der Waals surface area contributed by atoms with Crippen LogP contribution < -0.4 is 5.32 Å². The van der Waals surface area contributed by atoms with Crippen LogP contribution in [0.1, 0.15) is 39.3 Å². The van der Waals surface area contributed by atoms with Gasteiger partial charge >= 0.3 is 0 Å². The molecule has 0 amide bonds. The summed E-state index contributed by atoms with van der Waals surface area (Å²) in [5.41, 5.74) is 3.29. The molecule has 136 valence electrons. The first-order valence-electron chi connectivity index (χ1n) is 8.69. The van der Waals surface area contributed by atoms with Crippen molar-refractivity contribution in [1.29, 1.82) is 0 Å². The number of aliphatic imine (C=N–C) groups is 1. The van der Waals surface area contributed by atoms with Crippen LogP contribution in [-0.2, 0) is 0 Å². The average molecular weight is 406 g/mol. The SMILES string of the molecule is C=CC.CC(C)=NN1C(N2CCNCC2)=Nc2ccc(Br)cc2C1C. The minimum absolute atomic E-state index is 0.171. The quantitative estimate of drug-likeness (QED) is 0.559. The number of fused-ring (bicyclic) bond motifs is 1. The maximum Gasteiger partial charge on any atom is 0.223 e. The highest BCUT2D eigenvalue weighted by molar-refractivity contribution is 9.10. The zero-order valence-electron chi connectivity index (χ0n) is 15.6. The summed E-state index contributed by atoms with van der Waals surface area (Å²) >= 11 is 3.56. The van der Waals surface area contributed by atoms with E-state index in [1.165, 1.54) is 5.56 Å². The second-order valence-electron chi connectivity index (χ2n) is 6.33. The van der Waals surface area contributed by atoms with Crippen molar-refractivity contribution in [1.82, 2.24) is 15.2 Å². The first kappa shape index (κ1) is 19.7. The fourth-order valence-corrected chi connectivity index (χ4v) is 3.23. The first-order valence-corrected chi connectivity index (χ1v) is 9.49. The van der Waals surface area contributed by atoms with E-state index in [0.29, 0.717) is 0 Å². The summed E-state index contributed by atoms with van der Waals surface area (Å²) in [6, 6.07) is 6.45. The lowest BCUT2D eigenvalue weighted by Gasteiger charge is -2.39. The smallest absolute Gasteiger partial charge is 0.223 e. The van der Waals surface area contributed by atoms with Gasteiger partial charge in [0.05, 0.1) is 11.7 Å². The summed E-state index contributed by atoms with van der Waals surface area (Å²) in [5.74, 6) is 0.963. The van der Waals surface area contributed by atoms with E-state index in [0.717, 1.165) is 48.0 Å². The van der Waals surface area contributed by atoms with E-state index in [-0.39, 0.29) is 6.04 Å². The topological polar surface area (TPSA) is 43.2 Å². The number of benzene rings is 1. The van der Waals surface area contributed by atoms with Gasteiger partial charge in [0.2, 0.25) is 5.96 Å². The number of piperazine rings is 1. The standard InChI is InChI=1S/C16H22BrN5.C3H6/c1-11(2)20-22-12(3)14-10-13(17)4-5-15(14)19-16(22)21-8-6-18-7-9-21;1-3-2/h4-5,10,12,18H,6-9H2,1-3H3;3H,1H2,2H3. The minimum atomic E-state index is 0.171.